The van der Waals surface area contributed by atoms with Gasteiger partial charge in [-0.1, -0.05) is 45.0 Å². The fourth-order valence-electron chi connectivity index (χ4n) is 3.29. The highest BCUT2D eigenvalue weighted by Crippen LogP contribution is 2.24. The summed E-state index contributed by atoms with van der Waals surface area (Å²) in [4.78, 5) is 2.65. The molecule has 1 aliphatic heterocycles. The van der Waals surface area contributed by atoms with E-state index in [4.69, 9.17) is 0 Å². The van der Waals surface area contributed by atoms with E-state index in [0.717, 1.165) is 25.6 Å². The van der Waals surface area contributed by atoms with E-state index in [1.54, 1.807) is 0 Å². The van der Waals surface area contributed by atoms with E-state index in [1.165, 1.54) is 30.5 Å². The fraction of sp³-hybridized carbons (Fsp3) is 0.684. The lowest BCUT2D eigenvalue weighted by Crippen LogP contribution is -2.39. The molecule has 1 aliphatic rings. The molecule has 1 heterocycles. The highest BCUT2D eigenvalue weighted by Gasteiger charge is 2.23. The predicted molar refractivity (Wildman–Crippen MR) is 91.3 cm³/mol. The van der Waals surface area contributed by atoms with Crippen molar-refractivity contribution < 1.29 is 0 Å². The lowest BCUT2D eigenvalue weighted by Gasteiger charge is -2.37. The molecule has 118 valence electrons. The fourth-order valence-corrected chi connectivity index (χ4v) is 3.29. The van der Waals surface area contributed by atoms with E-state index >= 15 is 0 Å². The van der Waals surface area contributed by atoms with Gasteiger partial charge in [-0.3, -0.25) is 4.90 Å². The highest BCUT2D eigenvalue weighted by atomic mass is 15.2. The Balaban J connectivity index is 1.96. The third-order valence-corrected chi connectivity index (χ3v) is 4.64. The molecule has 1 saturated heterocycles. The third-order valence-electron chi connectivity index (χ3n) is 4.64. The average molecular weight is 288 g/mol. The zero-order valence-corrected chi connectivity index (χ0v) is 14.2. The molecule has 0 aliphatic carbocycles. The third kappa shape index (κ3) is 5.12. The summed E-state index contributed by atoms with van der Waals surface area (Å²) in [5.41, 5.74) is 2.96. The number of rotatable bonds is 6. The van der Waals surface area contributed by atoms with Crippen LogP contribution in [-0.4, -0.2) is 24.0 Å². The van der Waals surface area contributed by atoms with E-state index in [-0.39, 0.29) is 0 Å². The molecular formula is C19H32N2. The van der Waals surface area contributed by atoms with Crippen molar-refractivity contribution in [3.05, 3.63) is 35.4 Å². The molecule has 0 spiro atoms. The summed E-state index contributed by atoms with van der Waals surface area (Å²) in [7, 11) is 0. The van der Waals surface area contributed by atoms with Crippen LogP contribution in [0.15, 0.2) is 24.3 Å². The first-order chi connectivity index (χ1) is 10.1. The van der Waals surface area contributed by atoms with Gasteiger partial charge in [-0.15, -0.1) is 0 Å². The van der Waals surface area contributed by atoms with E-state index in [1.807, 2.05) is 0 Å². The Morgan fingerprint density at radius 2 is 1.90 bits per heavy atom. The molecule has 0 bridgehead atoms. The number of likely N-dealkylation sites (tertiary alicyclic amines) is 1. The summed E-state index contributed by atoms with van der Waals surface area (Å²) >= 11 is 0. The van der Waals surface area contributed by atoms with Crippen molar-refractivity contribution in [3.8, 4) is 0 Å². The molecule has 0 radical (unpaired) electrons. The van der Waals surface area contributed by atoms with Crippen LogP contribution in [-0.2, 0) is 13.1 Å². The van der Waals surface area contributed by atoms with Gasteiger partial charge in [0.15, 0.2) is 0 Å². The molecule has 2 unspecified atom stereocenters. The number of nitrogens with zero attached hydrogens (tertiary/aromatic N) is 1. The van der Waals surface area contributed by atoms with Crippen LogP contribution < -0.4 is 5.32 Å². The Morgan fingerprint density at radius 1 is 1.19 bits per heavy atom. The maximum absolute atomic E-state index is 3.58. The second-order valence-corrected chi connectivity index (χ2v) is 7.24. The number of piperidine rings is 1. The minimum absolute atomic E-state index is 0.709. The monoisotopic (exact) mass is 288 g/mol. The second-order valence-electron chi connectivity index (χ2n) is 7.24. The van der Waals surface area contributed by atoms with Crippen LogP contribution in [0, 0.1) is 11.8 Å². The second kappa shape index (κ2) is 7.95. The Bertz CT molecular complexity index is 427. The first-order valence-corrected chi connectivity index (χ1v) is 8.57. The van der Waals surface area contributed by atoms with Gasteiger partial charge in [0.05, 0.1) is 0 Å². The van der Waals surface area contributed by atoms with Crippen LogP contribution in [0.3, 0.4) is 0 Å². The molecule has 21 heavy (non-hydrogen) atoms. The summed E-state index contributed by atoms with van der Waals surface area (Å²) in [5.74, 6) is 1.60. The molecule has 0 saturated carbocycles. The summed E-state index contributed by atoms with van der Waals surface area (Å²) in [5, 5.41) is 3.58. The molecule has 2 rings (SSSR count). The molecule has 2 heteroatoms. The normalized spacial score (nSPS) is 23.7. The number of nitrogens with one attached hydrogen (secondary N) is 1. The standard InChI is InChI=1S/C19H32N2/c1-15(2)12-20-13-18-7-5-6-8-19(18)14-21-10-9-16(3)11-17(21)4/h5-8,15-17,20H,9-14H2,1-4H3. The van der Waals surface area contributed by atoms with Crippen LogP contribution in [0.4, 0.5) is 0 Å². The van der Waals surface area contributed by atoms with E-state index in [2.05, 4.69) is 62.2 Å². The maximum atomic E-state index is 3.58. The Hall–Kier alpha value is -0.860. The van der Waals surface area contributed by atoms with Crippen molar-refractivity contribution in [1.29, 1.82) is 0 Å². The summed E-state index contributed by atoms with van der Waals surface area (Å²) in [6, 6.07) is 9.64. The molecule has 0 amide bonds. The summed E-state index contributed by atoms with van der Waals surface area (Å²) < 4.78 is 0. The first-order valence-electron chi connectivity index (χ1n) is 8.57. The molecule has 1 fully saturated rings. The average Bonchev–Trinajstić information content (AvgIpc) is 2.43. The molecule has 2 atom stereocenters. The zero-order valence-electron chi connectivity index (χ0n) is 14.2. The first kappa shape index (κ1) is 16.5. The van der Waals surface area contributed by atoms with Crippen LogP contribution >= 0.6 is 0 Å². The van der Waals surface area contributed by atoms with Gasteiger partial charge in [0.25, 0.3) is 0 Å². The minimum Gasteiger partial charge on any atom is -0.312 e. The zero-order chi connectivity index (χ0) is 15.2. The molecule has 1 aromatic carbocycles. The van der Waals surface area contributed by atoms with Crippen molar-refractivity contribution in [2.75, 3.05) is 13.1 Å². The number of hydrogen-bond acceptors (Lipinski definition) is 2. The minimum atomic E-state index is 0.709. The van der Waals surface area contributed by atoms with Crippen molar-refractivity contribution in [2.45, 2.75) is 59.7 Å². The maximum Gasteiger partial charge on any atom is 0.0239 e. The van der Waals surface area contributed by atoms with Crippen LogP contribution in [0.2, 0.25) is 0 Å². The van der Waals surface area contributed by atoms with Crippen molar-refractivity contribution >= 4 is 0 Å². The Kier molecular flexibility index (Phi) is 6.25. The number of benzene rings is 1. The van der Waals surface area contributed by atoms with Gasteiger partial charge < -0.3 is 5.32 Å². The summed E-state index contributed by atoms with van der Waals surface area (Å²) in [6.45, 7) is 13.7. The van der Waals surface area contributed by atoms with Gasteiger partial charge in [0.2, 0.25) is 0 Å². The Labute approximate surface area is 130 Å². The van der Waals surface area contributed by atoms with E-state index < -0.39 is 0 Å². The molecule has 0 aromatic heterocycles. The van der Waals surface area contributed by atoms with Gasteiger partial charge in [-0.2, -0.15) is 0 Å². The van der Waals surface area contributed by atoms with E-state index in [9.17, 15) is 0 Å². The smallest absolute Gasteiger partial charge is 0.0239 e. The van der Waals surface area contributed by atoms with Gasteiger partial charge >= 0.3 is 0 Å². The van der Waals surface area contributed by atoms with Gasteiger partial charge in [-0.25, -0.2) is 0 Å². The van der Waals surface area contributed by atoms with Gasteiger partial charge in [0.1, 0.15) is 0 Å². The van der Waals surface area contributed by atoms with Crippen molar-refractivity contribution in [1.82, 2.24) is 10.2 Å². The lowest BCUT2D eigenvalue weighted by atomic mass is 9.92. The van der Waals surface area contributed by atoms with Crippen LogP contribution in [0.25, 0.3) is 0 Å². The lowest BCUT2D eigenvalue weighted by molar-refractivity contribution is 0.122. The van der Waals surface area contributed by atoms with Gasteiger partial charge in [-0.05, 0) is 55.8 Å². The van der Waals surface area contributed by atoms with Crippen LogP contribution in [0.5, 0.6) is 0 Å². The Morgan fingerprint density at radius 3 is 2.57 bits per heavy atom. The number of hydrogen-bond donors (Lipinski definition) is 1. The molecule has 1 aromatic rings. The van der Waals surface area contributed by atoms with Crippen LogP contribution in [0.1, 0.15) is 51.7 Å². The van der Waals surface area contributed by atoms with Gasteiger partial charge in [0, 0.05) is 19.1 Å². The molecular weight excluding hydrogens is 256 g/mol. The SMILES string of the molecule is CC(C)CNCc1ccccc1CN1CCC(C)CC1C. The van der Waals surface area contributed by atoms with Crippen molar-refractivity contribution in [2.24, 2.45) is 11.8 Å². The predicted octanol–water partition coefficient (Wildman–Crippen LogP) is 4.05. The quantitative estimate of drug-likeness (QED) is 0.849. The topological polar surface area (TPSA) is 15.3 Å². The molecule has 1 N–H and O–H groups in total. The van der Waals surface area contributed by atoms with Crippen molar-refractivity contribution in [3.63, 3.8) is 0 Å². The largest absolute Gasteiger partial charge is 0.312 e. The highest BCUT2D eigenvalue weighted by molar-refractivity contribution is 5.27. The van der Waals surface area contributed by atoms with E-state index in [0.29, 0.717) is 12.0 Å². The molecule has 2 nitrogen and oxygen atoms in total. The summed E-state index contributed by atoms with van der Waals surface area (Å²) in [6.07, 6.45) is 2.69.